The molecule has 10 heteroatoms. The molecule has 0 saturated heterocycles. The van der Waals surface area contributed by atoms with Crippen molar-refractivity contribution in [3.05, 3.63) is 22.2 Å². The molecule has 0 aliphatic rings. The highest BCUT2D eigenvalue weighted by molar-refractivity contribution is 7.92. The minimum absolute atomic E-state index is 0.101. The van der Waals surface area contributed by atoms with Gasteiger partial charge in [-0.05, 0) is 12.1 Å². The first kappa shape index (κ1) is 18.2. The number of halogens is 2. The monoisotopic (exact) mass is 372 g/mol. The Bertz CT molecular complexity index is 654. The van der Waals surface area contributed by atoms with Crippen LogP contribution in [0.5, 0.6) is 0 Å². The first-order chi connectivity index (χ1) is 9.58. The van der Waals surface area contributed by atoms with E-state index in [2.05, 4.69) is 5.32 Å². The van der Waals surface area contributed by atoms with Crippen molar-refractivity contribution in [1.82, 2.24) is 0 Å². The molecule has 0 aliphatic heterocycles. The number of carbonyl (C=O) groups excluding carboxylic acids is 1. The van der Waals surface area contributed by atoms with E-state index >= 15 is 0 Å². The number of amides is 1. The van der Waals surface area contributed by atoms with Gasteiger partial charge in [-0.1, -0.05) is 23.2 Å². The van der Waals surface area contributed by atoms with Crippen LogP contribution in [-0.2, 0) is 25.4 Å². The number of nitrogens with one attached hydrogen (secondary N) is 1. The zero-order valence-electron chi connectivity index (χ0n) is 11.1. The van der Waals surface area contributed by atoms with Crippen molar-refractivity contribution in [2.24, 2.45) is 0 Å². The van der Waals surface area contributed by atoms with Gasteiger partial charge in [-0.15, -0.1) is 0 Å². The molecule has 0 aromatic heterocycles. The second-order valence-corrected chi connectivity index (χ2v) is 9.00. The molecule has 1 aromatic carbocycles. The first-order valence-electron chi connectivity index (χ1n) is 5.65. The topological polar surface area (TPSA) is 106 Å². The molecule has 3 N–H and O–H groups in total. The molecule has 1 amide bonds. The molecule has 1 rings (SSSR count). The molecule has 0 bridgehead atoms. The van der Waals surface area contributed by atoms with Crippen LogP contribution in [0.2, 0.25) is 10.0 Å². The Balaban J connectivity index is 2.64. The van der Waals surface area contributed by atoms with Crippen molar-refractivity contribution < 1.29 is 17.4 Å². The summed E-state index contributed by atoms with van der Waals surface area (Å²) in [5.41, 5.74) is 6.05. The van der Waals surface area contributed by atoms with E-state index in [1.807, 2.05) is 0 Å². The van der Waals surface area contributed by atoms with E-state index in [-0.39, 0.29) is 33.7 Å². The molecule has 1 atom stereocenters. The maximum Gasteiger partial charge on any atom is 0.237 e. The van der Waals surface area contributed by atoms with E-state index in [1.54, 1.807) is 0 Å². The molecular formula is C11H14Cl2N2O4S2. The maximum absolute atomic E-state index is 11.7. The molecule has 21 heavy (non-hydrogen) atoms. The summed E-state index contributed by atoms with van der Waals surface area (Å²) >= 11 is 11.6. The van der Waals surface area contributed by atoms with Crippen molar-refractivity contribution in [3.8, 4) is 0 Å². The van der Waals surface area contributed by atoms with Gasteiger partial charge in [-0.2, -0.15) is 0 Å². The van der Waals surface area contributed by atoms with Gasteiger partial charge < -0.3 is 11.1 Å². The van der Waals surface area contributed by atoms with Gasteiger partial charge in [-0.25, -0.2) is 8.42 Å². The van der Waals surface area contributed by atoms with E-state index in [0.29, 0.717) is 5.02 Å². The van der Waals surface area contributed by atoms with Gasteiger partial charge in [0.25, 0.3) is 0 Å². The average Bonchev–Trinajstić information content (AvgIpc) is 2.30. The van der Waals surface area contributed by atoms with E-state index < -0.39 is 26.5 Å². The van der Waals surface area contributed by atoms with Gasteiger partial charge in [0.15, 0.2) is 0 Å². The molecule has 118 valence electrons. The molecule has 6 nitrogen and oxygen atoms in total. The van der Waals surface area contributed by atoms with Crippen molar-refractivity contribution in [2.45, 2.75) is 0 Å². The smallest absolute Gasteiger partial charge is 0.237 e. The van der Waals surface area contributed by atoms with Gasteiger partial charge >= 0.3 is 0 Å². The fourth-order valence-corrected chi connectivity index (χ4v) is 4.38. The van der Waals surface area contributed by atoms with Gasteiger partial charge in [0.1, 0.15) is 15.6 Å². The van der Waals surface area contributed by atoms with Crippen LogP contribution in [0.4, 0.5) is 11.4 Å². The highest BCUT2D eigenvalue weighted by Gasteiger charge is 2.14. The molecule has 0 heterocycles. The summed E-state index contributed by atoms with van der Waals surface area (Å²) in [5.74, 6) is -1.25. The minimum atomic E-state index is -3.21. The number of benzene rings is 1. The van der Waals surface area contributed by atoms with Crippen molar-refractivity contribution in [2.75, 3.05) is 34.6 Å². The van der Waals surface area contributed by atoms with Crippen LogP contribution < -0.4 is 11.1 Å². The summed E-state index contributed by atoms with van der Waals surface area (Å²) in [7, 11) is -4.80. The summed E-state index contributed by atoms with van der Waals surface area (Å²) in [5, 5.41) is 2.93. The van der Waals surface area contributed by atoms with Gasteiger partial charge in [-0.3, -0.25) is 9.00 Å². The molecule has 1 aromatic rings. The van der Waals surface area contributed by atoms with Crippen LogP contribution in [0.25, 0.3) is 0 Å². The third kappa shape index (κ3) is 6.64. The predicted octanol–water partition coefficient (Wildman–Crippen LogP) is 1.31. The molecule has 0 fully saturated rings. The number of carbonyl (C=O) groups is 1. The number of sulfone groups is 1. The molecular weight excluding hydrogens is 359 g/mol. The Morgan fingerprint density at radius 1 is 1.38 bits per heavy atom. The van der Waals surface area contributed by atoms with E-state index in [1.165, 1.54) is 12.1 Å². The lowest BCUT2D eigenvalue weighted by atomic mass is 10.2. The Kier molecular flexibility index (Phi) is 6.45. The molecule has 0 saturated carbocycles. The fraction of sp³-hybridized carbons (Fsp3) is 0.364. The lowest BCUT2D eigenvalue weighted by Crippen LogP contribution is -2.23. The quantitative estimate of drug-likeness (QED) is 0.732. The largest absolute Gasteiger partial charge is 0.397 e. The van der Waals surface area contributed by atoms with Gasteiger partial charge in [0.2, 0.25) is 5.91 Å². The maximum atomic E-state index is 11.7. The first-order valence-corrected chi connectivity index (χ1v) is 9.96. The minimum Gasteiger partial charge on any atom is -0.397 e. The SMILES string of the molecule is CS(=O)(=O)CCS(=O)CC(=O)Nc1c(N)cc(Cl)cc1Cl. The number of hydrogen-bond acceptors (Lipinski definition) is 5. The van der Waals surface area contributed by atoms with E-state index in [0.717, 1.165) is 6.26 Å². The number of anilines is 2. The van der Waals surface area contributed by atoms with Crippen LogP contribution in [0.3, 0.4) is 0 Å². The number of hydrogen-bond donors (Lipinski definition) is 2. The lowest BCUT2D eigenvalue weighted by Gasteiger charge is -2.10. The number of nitrogen functional groups attached to an aromatic ring is 1. The second kappa shape index (κ2) is 7.44. The van der Waals surface area contributed by atoms with Crippen LogP contribution in [0, 0.1) is 0 Å². The predicted molar refractivity (Wildman–Crippen MR) is 87.1 cm³/mol. The highest BCUT2D eigenvalue weighted by atomic mass is 35.5. The van der Waals surface area contributed by atoms with Crippen LogP contribution in [0.15, 0.2) is 12.1 Å². The van der Waals surface area contributed by atoms with Gasteiger partial charge in [0, 0.05) is 27.8 Å². The molecule has 0 radical (unpaired) electrons. The third-order valence-corrected chi connectivity index (χ3v) is 5.29. The number of nitrogens with two attached hydrogens (primary N) is 1. The summed E-state index contributed by atoms with van der Waals surface area (Å²) in [6.07, 6.45) is 1.04. The van der Waals surface area contributed by atoms with Gasteiger partial charge in [0.05, 0.1) is 22.2 Å². The second-order valence-electron chi connectivity index (χ2n) is 4.32. The summed E-state index contributed by atoms with van der Waals surface area (Å²) in [6, 6.07) is 2.83. The summed E-state index contributed by atoms with van der Waals surface area (Å²) < 4.78 is 33.5. The average molecular weight is 373 g/mol. The molecule has 1 unspecified atom stereocenters. The van der Waals surface area contributed by atoms with Crippen LogP contribution in [-0.4, -0.2) is 42.0 Å². The zero-order chi connectivity index (χ0) is 16.2. The van der Waals surface area contributed by atoms with Crippen LogP contribution >= 0.6 is 23.2 Å². The Morgan fingerprint density at radius 2 is 2.00 bits per heavy atom. The zero-order valence-corrected chi connectivity index (χ0v) is 14.2. The molecule has 0 aliphatic carbocycles. The van der Waals surface area contributed by atoms with Crippen molar-refractivity contribution in [1.29, 1.82) is 0 Å². The van der Waals surface area contributed by atoms with E-state index in [4.69, 9.17) is 28.9 Å². The number of rotatable bonds is 6. The Hall–Kier alpha value is -0.830. The lowest BCUT2D eigenvalue weighted by molar-refractivity contribution is -0.113. The highest BCUT2D eigenvalue weighted by Crippen LogP contribution is 2.31. The fourth-order valence-electron chi connectivity index (χ4n) is 1.36. The Morgan fingerprint density at radius 3 is 2.52 bits per heavy atom. The normalized spacial score (nSPS) is 12.9. The van der Waals surface area contributed by atoms with Crippen molar-refractivity contribution >= 4 is 61.1 Å². The summed E-state index contributed by atoms with van der Waals surface area (Å²) in [6.45, 7) is 0. The van der Waals surface area contributed by atoms with Crippen molar-refractivity contribution in [3.63, 3.8) is 0 Å². The summed E-state index contributed by atoms with van der Waals surface area (Å²) in [4.78, 5) is 11.7. The molecule has 0 spiro atoms. The van der Waals surface area contributed by atoms with E-state index in [9.17, 15) is 17.4 Å². The van der Waals surface area contributed by atoms with Crippen LogP contribution in [0.1, 0.15) is 0 Å². The Labute approximate surface area is 135 Å². The standard InChI is InChI=1S/C11H14Cl2N2O4S2/c1-21(18,19)3-2-20(17)6-10(16)15-11-8(13)4-7(12)5-9(11)14/h4-5H,2-3,6,14H2,1H3,(H,15,16). The third-order valence-electron chi connectivity index (χ3n) is 2.32.